The van der Waals surface area contributed by atoms with Crippen molar-refractivity contribution in [3.8, 4) is 34.1 Å². The zero-order valence-electron chi connectivity index (χ0n) is 18.1. The molecule has 158 valence electrons. The first-order valence-electron chi connectivity index (χ1n) is 9.97. The fourth-order valence-electron chi connectivity index (χ4n) is 3.75. The van der Waals surface area contributed by atoms with E-state index in [-0.39, 0.29) is 0 Å². The van der Waals surface area contributed by atoms with Crippen molar-refractivity contribution in [1.29, 1.82) is 0 Å². The highest BCUT2D eigenvalue weighted by atomic mass is 16.5. The molecule has 5 nitrogen and oxygen atoms in total. The largest absolute Gasteiger partial charge is 0.493 e. The van der Waals surface area contributed by atoms with Gasteiger partial charge in [-0.15, -0.1) is 0 Å². The number of methoxy groups -OCH3 is 4. The van der Waals surface area contributed by atoms with E-state index >= 15 is 0 Å². The van der Waals surface area contributed by atoms with Gasteiger partial charge in [0.05, 0.1) is 34.0 Å². The van der Waals surface area contributed by atoms with Crippen LogP contribution in [-0.2, 0) is 6.42 Å². The first-order valence-corrected chi connectivity index (χ1v) is 9.97. The predicted octanol–water partition coefficient (Wildman–Crippen LogP) is 5.53. The van der Waals surface area contributed by atoms with Gasteiger partial charge in [-0.25, -0.2) is 0 Å². The molecule has 5 heteroatoms. The second-order valence-corrected chi connectivity index (χ2v) is 7.15. The third kappa shape index (κ3) is 4.12. The van der Waals surface area contributed by atoms with E-state index in [0.717, 1.165) is 34.0 Å². The van der Waals surface area contributed by atoms with Crippen LogP contribution < -0.4 is 18.9 Å². The summed E-state index contributed by atoms with van der Waals surface area (Å²) in [5.41, 5.74) is 5.23. The Kier molecular flexibility index (Phi) is 5.94. The number of pyridine rings is 1. The van der Waals surface area contributed by atoms with E-state index in [9.17, 15) is 0 Å². The smallest absolute Gasteiger partial charge is 0.162 e. The van der Waals surface area contributed by atoms with Gasteiger partial charge < -0.3 is 18.9 Å². The van der Waals surface area contributed by atoms with Gasteiger partial charge in [-0.1, -0.05) is 30.3 Å². The molecule has 3 aromatic carbocycles. The van der Waals surface area contributed by atoms with Crippen molar-refractivity contribution in [3.05, 3.63) is 78.0 Å². The maximum atomic E-state index is 5.58. The summed E-state index contributed by atoms with van der Waals surface area (Å²) < 4.78 is 22.0. The Hall–Kier alpha value is -3.73. The topological polar surface area (TPSA) is 49.8 Å². The average molecular weight is 415 g/mol. The molecule has 0 spiro atoms. The summed E-state index contributed by atoms with van der Waals surface area (Å²) >= 11 is 0. The van der Waals surface area contributed by atoms with Gasteiger partial charge in [0.2, 0.25) is 0 Å². The number of nitrogens with zero attached hydrogens (tertiary/aromatic N) is 1. The zero-order valence-corrected chi connectivity index (χ0v) is 18.1. The van der Waals surface area contributed by atoms with Crippen LogP contribution in [0.4, 0.5) is 0 Å². The number of rotatable bonds is 7. The van der Waals surface area contributed by atoms with Crippen LogP contribution in [0.1, 0.15) is 11.1 Å². The van der Waals surface area contributed by atoms with Crippen molar-refractivity contribution < 1.29 is 18.9 Å². The molecule has 1 aromatic heterocycles. The van der Waals surface area contributed by atoms with Gasteiger partial charge in [0.15, 0.2) is 23.0 Å². The van der Waals surface area contributed by atoms with Crippen LogP contribution in [0.3, 0.4) is 0 Å². The highest BCUT2D eigenvalue weighted by molar-refractivity contribution is 5.87. The summed E-state index contributed by atoms with van der Waals surface area (Å²) in [6, 6.07) is 20.4. The molecular formula is C26H25NO4. The van der Waals surface area contributed by atoms with Gasteiger partial charge in [-0.05, 0) is 47.4 Å². The van der Waals surface area contributed by atoms with Crippen LogP contribution in [0.2, 0.25) is 0 Å². The van der Waals surface area contributed by atoms with E-state index in [1.54, 1.807) is 28.4 Å². The molecule has 0 aliphatic rings. The third-order valence-electron chi connectivity index (χ3n) is 5.34. The van der Waals surface area contributed by atoms with Gasteiger partial charge in [-0.2, -0.15) is 0 Å². The Morgan fingerprint density at radius 2 is 1.29 bits per heavy atom. The SMILES string of the molecule is COc1cc(Cc2ccccc2)c(-c2cnc3cc(OC)c(OC)cc3c2)cc1OC. The van der Waals surface area contributed by atoms with Crippen LogP contribution in [0.5, 0.6) is 23.0 Å². The quantitative estimate of drug-likeness (QED) is 0.397. The van der Waals surface area contributed by atoms with Crippen LogP contribution in [0, 0.1) is 0 Å². The molecule has 0 aliphatic carbocycles. The van der Waals surface area contributed by atoms with E-state index in [4.69, 9.17) is 18.9 Å². The summed E-state index contributed by atoms with van der Waals surface area (Å²) in [7, 11) is 6.56. The lowest BCUT2D eigenvalue weighted by molar-refractivity contribution is 0.355. The van der Waals surface area contributed by atoms with Crippen molar-refractivity contribution in [2.45, 2.75) is 6.42 Å². The van der Waals surface area contributed by atoms with Gasteiger partial charge in [0, 0.05) is 23.2 Å². The lowest BCUT2D eigenvalue weighted by Gasteiger charge is -2.16. The lowest BCUT2D eigenvalue weighted by Crippen LogP contribution is -1.98. The summed E-state index contributed by atoms with van der Waals surface area (Å²) in [5, 5.41) is 0.968. The second-order valence-electron chi connectivity index (χ2n) is 7.15. The molecule has 0 saturated heterocycles. The van der Waals surface area contributed by atoms with Crippen LogP contribution in [-0.4, -0.2) is 33.4 Å². The molecule has 1 heterocycles. The molecule has 4 rings (SSSR count). The average Bonchev–Trinajstić information content (AvgIpc) is 2.83. The minimum Gasteiger partial charge on any atom is -0.493 e. The predicted molar refractivity (Wildman–Crippen MR) is 123 cm³/mol. The number of ether oxygens (including phenoxy) is 4. The molecule has 0 amide bonds. The van der Waals surface area contributed by atoms with Gasteiger partial charge in [0.1, 0.15) is 0 Å². The molecule has 0 saturated carbocycles. The molecular weight excluding hydrogens is 390 g/mol. The Morgan fingerprint density at radius 1 is 0.677 bits per heavy atom. The molecule has 0 N–H and O–H groups in total. The molecule has 0 aliphatic heterocycles. The highest BCUT2D eigenvalue weighted by Gasteiger charge is 2.15. The molecule has 31 heavy (non-hydrogen) atoms. The van der Waals surface area contributed by atoms with E-state index < -0.39 is 0 Å². The zero-order chi connectivity index (χ0) is 21.8. The maximum absolute atomic E-state index is 5.58. The molecule has 0 fully saturated rings. The normalized spacial score (nSPS) is 10.7. The number of hydrogen-bond acceptors (Lipinski definition) is 5. The second kappa shape index (κ2) is 8.96. The van der Waals surface area contributed by atoms with E-state index in [0.29, 0.717) is 23.0 Å². The van der Waals surface area contributed by atoms with Crippen molar-refractivity contribution in [2.75, 3.05) is 28.4 Å². The maximum Gasteiger partial charge on any atom is 0.162 e. The minimum absolute atomic E-state index is 0.658. The fraction of sp³-hybridized carbons (Fsp3) is 0.192. The number of fused-ring (bicyclic) bond motifs is 1. The molecule has 0 bridgehead atoms. The molecule has 0 atom stereocenters. The standard InChI is InChI=1S/C26H25NO4/c1-28-23-12-18(10-17-8-6-5-7-9-17)21(14-25(23)30-3)20-11-19-13-24(29-2)26(31-4)15-22(19)27-16-20/h5-9,11-16H,10H2,1-4H3. The summed E-state index contributed by atoms with van der Waals surface area (Å²) in [4.78, 5) is 4.68. The third-order valence-corrected chi connectivity index (χ3v) is 5.34. The van der Waals surface area contributed by atoms with Crippen molar-refractivity contribution >= 4 is 10.9 Å². The Balaban J connectivity index is 1.87. The lowest BCUT2D eigenvalue weighted by atomic mass is 9.94. The summed E-state index contributed by atoms with van der Waals surface area (Å²) in [5.74, 6) is 2.72. The summed E-state index contributed by atoms with van der Waals surface area (Å²) in [6.07, 6.45) is 2.64. The van der Waals surface area contributed by atoms with Crippen molar-refractivity contribution in [1.82, 2.24) is 4.98 Å². The molecule has 0 unspecified atom stereocenters. The van der Waals surface area contributed by atoms with Crippen LogP contribution in [0.25, 0.3) is 22.0 Å². The van der Waals surface area contributed by atoms with Crippen LogP contribution >= 0.6 is 0 Å². The minimum atomic E-state index is 0.658. The van der Waals surface area contributed by atoms with Gasteiger partial charge >= 0.3 is 0 Å². The number of aromatic nitrogens is 1. The number of benzene rings is 3. The first-order chi connectivity index (χ1) is 15.2. The van der Waals surface area contributed by atoms with Crippen molar-refractivity contribution in [2.24, 2.45) is 0 Å². The molecule has 4 aromatic rings. The highest BCUT2D eigenvalue weighted by Crippen LogP contribution is 2.38. The fourth-order valence-corrected chi connectivity index (χ4v) is 3.75. The van der Waals surface area contributed by atoms with E-state index in [2.05, 4.69) is 23.2 Å². The Labute approximate surface area is 182 Å². The van der Waals surface area contributed by atoms with Gasteiger partial charge in [-0.3, -0.25) is 4.98 Å². The van der Waals surface area contributed by atoms with E-state index in [1.165, 1.54) is 5.56 Å². The van der Waals surface area contributed by atoms with Gasteiger partial charge in [0.25, 0.3) is 0 Å². The van der Waals surface area contributed by atoms with Crippen LogP contribution in [0.15, 0.2) is 66.9 Å². The Bertz CT molecular complexity index is 1210. The molecule has 0 radical (unpaired) electrons. The van der Waals surface area contributed by atoms with Crippen molar-refractivity contribution in [3.63, 3.8) is 0 Å². The van der Waals surface area contributed by atoms with E-state index in [1.807, 2.05) is 48.7 Å². The first kappa shape index (κ1) is 20.5. The summed E-state index contributed by atoms with van der Waals surface area (Å²) in [6.45, 7) is 0. The Morgan fingerprint density at radius 3 is 1.97 bits per heavy atom. The number of hydrogen-bond donors (Lipinski definition) is 0. The monoisotopic (exact) mass is 415 g/mol.